The van der Waals surface area contributed by atoms with E-state index in [1.54, 1.807) is 19.2 Å². The van der Waals surface area contributed by atoms with Crippen LogP contribution < -0.4 is 20.7 Å². The number of ether oxygens (including phenoxy) is 1. The van der Waals surface area contributed by atoms with Crippen molar-refractivity contribution >= 4 is 35.8 Å². The molecule has 152 valence electrons. The summed E-state index contributed by atoms with van der Waals surface area (Å²) in [4.78, 5) is 16.1. The first-order valence-electron chi connectivity index (χ1n) is 9.05. The second-order valence-electron chi connectivity index (χ2n) is 7.03. The minimum atomic E-state index is -0.262. The van der Waals surface area contributed by atoms with Crippen LogP contribution in [0.4, 0.5) is 0 Å². The predicted octanol–water partition coefficient (Wildman–Crippen LogP) is 3.09. The van der Waals surface area contributed by atoms with Gasteiger partial charge in [-0.25, -0.2) is 0 Å². The Hall–Kier alpha value is -2.23. The van der Waals surface area contributed by atoms with Crippen LogP contribution in [0.3, 0.4) is 0 Å². The highest BCUT2D eigenvalue weighted by molar-refractivity contribution is 14.0. The van der Waals surface area contributed by atoms with Crippen molar-refractivity contribution in [2.24, 2.45) is 4.99 Å². The van der Waals surface area contributed by atoms with Gasteiger partial charge in [0.2, 0.25) is 0 Å². The number of nitrogens with zero attached hydrogens (tertiary/aromatic N) is 1. The number of carbonyl (C=O) groups is 1. The monoisotopic (exact) mass is 498 g/mol. The number of para-hydroxylation sites is 1. The van der Waals surface area contributed by atoms with Gasteiger partial charge in [-0.2, -0.15) is 0 Å². The van der Waals surface area contributed by atoms with E-state index in [1.165, 1.54) is 6.26 Å². The number of hydrogen-bond acceptors (Lipinski definition) is 4. The zero-order valence-corrected chi connectivity index (χ0v) is 18.7. The number of halogens is 1. The molecule has 8 heteroatoms. The van der Waals surface area contributed by atoms with Gasteiger partial charge in [0.15, 0.2) is 11.7 Å². The number of nitrogens with one attached hydrogen (secondary N) is 3. The summed E-state index contributed by atoms with van der Waals surface area (Å²) < 4.78 is 11.1. The number of guanidine groups is 1. The lowest BCUT2D eigenvalue weighted by Crippen LogP contribution is -2.46. The van der Waals surface area contributed by atoms with E-state index in [1.807, 2.05) is 18.2 Å². The molecule has 0 fully saturated rings. The Morgan fingerprint density at radius 1 is 1.18 bits per heavy atom. The molecule has 1 aromatic heterocycles. The van der Waals surface area contributed by atoms with Crippen LogP contribution in [-0.4, -0.2) is 37.6 Å². The third-order valence-electron chi connectivity index (χ3n) is 4.36. The zero-order valence-electron chi connectivity index (χ0n) is 16.3. The molecular weight excluding hydrogens is 471 g/mol. The van der Waals surface area contributed by atoms with E-state index in [9.17, 15) is 4.79 Å². The Morgan fingerprint density at radius 2 is 1.93 bits per heavy atom. The number of hydrogen-bond donors (Lipinski definition) is 3. The fraction of sp³-hybridized carbons (Fsp3) is 0.400. The Balaban J connectivity index is 0.00000280. The third kappa shape index (κ3) is 5.63. The standard InChI is InChI=1S/C20H26N4O3.HI/c1-20(2)13-15(14-7-4-5-8-16(14)27-20)24-19(21-3)23-11-10-22-18(25)17-9-6-12-26-17;/h4-9,12,15H,10-11,13H2,1-3H3,(H,22,25)(H2,21,23,24);1H. The van der Waals surface area contributed by atoms with Crippen LogP contribution in [0, 0.1) is 0 Å². The summed E-state index contributed by atoms with van der Waals surface area (Å²) in [7, 11) is 1.73. The van der Waals surface area contributed by atoms with Crippen LogP contribution in [0.5, 0.6) is 5.75 Å². The summed E-state index contributed by atoms with van der Waals surface area (Å²) in [6.45, 7) is 5.16. The second kappa shape index (κ2) is 9.81. The Morgan fingerprint density at radius 3 is 2.64 bits per heavy atom. The van der Waals surface area contributed by atoms with Crippen molar-refractivity contribution in [3.8, 4) is 5.75 Å². The molecule has 1 aromatic carbocycles. The molecule has 28 heavy (non-hydrogen) atoms. The van der Waals surface area contributed by atoms with Crippen molar-refractivity contribution in [1.82, 2.24) is 16.0 Å². The normalized spacial score (nSPS) is 17.5. The molecule has 2 aromatic rings. The van der Waals surface area contributed by atoms with Crippen molar-refractivity contribution in [3.63, 3.8) is 0 Å². The molecule has 0 saturated carbocycles. The van der Waals surface area contributed by atoms with Gasteiger partial charge in [-0.1, -0.05) is 18.2 Å². The number of rotatable bonds is 5. The first kappa shape index (κ1) is 22.1. The van der Waals surface area contributed by atoms with Crippen LogP contribution in [0.25, 0.3) is 0 Å². The molecule has 1 aliphatic rings. The van der Waals surface area contributed by atoms with E-state index < -0.39 is 0 Å². The van der Waals surface area contributed by atoms with Crippen molar-refractivity contribution in [1.29, 1.82) is 0 Å². The Labute approximate surface area is 182 Å². The highest BCUT2D eigenvalue weighted by Gasteiger charge is 2.33. The van der Waals surface area contributed by atoms with Gasteiger partial charge in [0.25, 0.3) is 5.91 Å². The molecule has 0 radical (unpaired) electrons. The largest absolute Gasteiger partial charge is 0.487 e. The summed E-state index contributed by atoms with van der Waals surface area (Å²) in [5, 5.41) is 9.49. The molecule has 0 spiro atoms. The maximum absolute atomic E-state index is 11.9. The average Bonchev–Trinajstić information content (AvgIpc) is 3.17. The van der Waals surface area contributed by atoms with Gasteiger partial charge < -0.3 is 25.1 Å². The van der Waals surface area contributed by atoms with Gasteiger partial charge in [-0.15, -0.1) is 24.0 Å². The van der Waals surface area contributed by atoms with Crippen molar-refractivity contribution in [3.05, 3.63) is 54.0 Å². The van der Waals surface area contributed by atoms with Crippen LogP contribution >= 0.6 is 24.0 Å². The fourth-order valence-electron chi connectivity index (χ4n) is 3.14. The van der Waals surface area contributed by atoms with Crippen molar-refractivity contribution in [2.45, 2.75) is 31.9 Å². The molecule has 0 bridgehead atoms. The third-order valence-corrected chi connectivity index (χ3v) is 4.36. The van der Waals surface area contributed by atoms with Gasteiger partial charge >= 0.3 is 0 Å². The molecule has 3 rings (SSSR count). The zero-order chi connectivity index (χ0) is 19.3. The van der Waals surface area contributed by atoms with Crippen molar-refractivity contribution < 1.29 is 13.9 Å². The number of furan rings is 1. The summed E-state index contributed by atoms with van der Waals surface area (Å²) in [6, 6.07) is 11.5. The van der Waals surface area contributed by atoms with Gasteiger partial charge in [0.1, 0.15) is 11.4 Å². The molecule has 0 aliphatic carbocycles. The summed E-state index contributed by atoms with van der Waals surface area (Å²) >= 11 is 0. The quantitative estimate of drug-likeness (QED) is 0.255. The fourth-order valence-corrected chi connectivity index (χ4v) is 3.14. The number of benzene rings is 1. The lowest BCUT2D eigenvalue weighted by Gasteiger charge is -2.38. The minimum Gasteiger partial charge on any atom is -0.487 e. The highest BCUT2D eigenvalue weighted by Crippen LogP contribution is 2.39. The van der Waals surface area contributed by atoms with Gasteiger partial charge in [-0.05, 0) is 32.0 Å². The van der Waals surface area contributed by atoms with Gasteiger partial charge in [0.05, 0.1) is 12.3 Å². The van der Waals surface area contributed by atoms with Gasteiger partial charge in [0, 0.05) is 32.1 Å². The van der Waals surface area contributed by atoms with E-state index in [0.29, 0.717) is 24.8 Å². The predicted molar refractivity (Wildman–Crippen MR) is 119 cm³/mol. The summed E-state index contributed by atoms with van der Waals surface area (Å²) in [6.07, 6.45) is 2.30. The van der Waals surface area contributed by atoms with Gasteiger partial charge in [-0.3, -0.25) is 9.79 Å². The SMILES string of the molecule is CN=C(NCCNC(=O)c1ccco1)NC1CC(C)(C)Oc2ccccc21.I. The first-order valence-corrected chi connectivity index (χ1v) is 9.05. The molecule has 1 amide bonds. The lowest BCUT2D eigenvalue weighted by atomic mass is 9.90. The second-order valence-corrected chi connectivity index (χ2v) is 7.03. The maximum Gasteiger partial charge on any atom is 0.287 e. The first-order chi connectivity index (χ1) is 13.0. The lowest BCUT2D eigenvalue weighted by molar-refractivity contribution is 0.0694. The number of carbonyl (C=O) groups excluding carboxylic acids is 1. The molecule has 1 aliphatic heterocycles. The van der Waals surface area contributed by atoms with E-state index in [-0.39, 0.29) is 41.5 Å². The Bertz CT molecular complexity index is 806. The topological polar surface area (TPSA) is 87.9 Å². The average molecular weight is 498 g/mol. The van der Waals surface area contributed by atoms with E-state index in [0.717, 1.165) is 17.7 Å². The summed E-state index contributed by atoms with van der Waals surface area (Å²) in [5.41, 5.74) is 0.855. The molecule has 1 atom stereocenters. The molecular formula is C20H27IN4O3. The van der Waals surface area contributed by atoms with E-state index in [4.69, 9.17) is 9.15 Å². The number of fused-ring (bicyclic) bond motifs is 1. The van der Waals surface area contributed by atoms with Crippen molar-refractivity contribution in [2.75, 3.05) is 20.1 Å². The van der Waals surface area contributed by atoms with E-state index in [2.05, 4.69) is 40.9 Å². The summed E-state index contributed by atoms with van der Waals surface area (Å²) in [5.74, 6) is 1.65. The molecule has 3 N–H and O–H groups in total. The van der Waals surface area contributed by atoms with Crippen LogP contribution in [0.15, 0.2) is 52.1 Å². The smallest absolute Gasteiger partial charge is 0.287 e. The maximum atomic E-state index is 11.9. The molecule has 2 heterocycles. The number of aliphatic imine (C=N–C) groups is 1. The highest BCUT2D eigenvalue weighted by atomic mass is 127. The van der Waals surface area contributed by atoms with Crippen LogP contribution in [0.1, 0.15) is 42.4 Å². The number of amides is 1. The molecule has 0 saturated heterocycles. The van der Waals surface area contributed by atoms with Crippen LogP contribution in [0.2, 0.25) is 0 Å². The van der Waals surface area contributed by atoms with Crippen LogP contribution in [-0.2, 0) is 0 Å². The Kier molecular flexibility index (Phi) is 7.73. The molecule has 7 nitrogen and oxygen atoms in total. The van der Waals surface area contributed by atoms with E-state index >= 15 is 0 Å². The molecule has 1 unspecified atom stereocenters. The minimum absolute atomic E-state index is 0.